The summed E-state index contributed by atoms with van der Waals surface area (Å²) < 4.78 is 0. The fourth-order valence-corrected chi connectivity index (χ4v) is 1.17. The van der Waals surface area contributed by atoms with Gasteiger partial charge in [-0.25, -0.2) is 0 Å². The van der Waals surface area contributed by atoms with Crippen molar-refractivity contribution in [3.05, 3.63) is 0 Å². The second-order valence-electron chi connectivity index (χ2n) is 2.76. The van der Waals surface area contributed by atoms with Crippen LogP contribution in [0, 0.1) is 0 Å². The first kappa shape index (κ1) is 5.21. The predicted octanol–water partition coefficient (Wildman–Crippen LogP) is 2.29. The van der Waals surface area contributed by atoms with E-state index in [1.165, 1.54) is 19.1 Å². The summed E-state index contributed by atoms with van der Waals surface area (Å²) in [5.74, 6) is 1.07. The molecule has 0 unspecified atom stereocenters. The lowest BCUT2D eigenvalue weighted by atomic mass is 9.64. The van der Waals surface area contributed by atoms with Gasteiger partial charge in [0.2, 0.25) is 0 Å². The van der Waals surface area contributed by atoms with Gasteiger partial charge in [-0.2, -0.15) is 0 Å². The molecule has 7 heavy (non-hydrogen) atoms. The molecule has 0 aromatic heterocycles. The molecule has 1 rings (SSSR count). The molecular formula is C6H13B. The van der Waals surface area contributed by atoms with E-state index in [0.717, 1.165) is 12.5 Å². The van der Waals surface area contributed by atoms with E-state index in [9.17, 15) is 0 Å². The van der Waals surface area contributed by atoms with Gasteiger partial charge in [0.15, 0.2) is 0 Å². The largest absolute Gasteiger partial charge is 0.141 e. The Morgan fingerprint density at radius 1 is 1.71 bits per heavy atom. The maximum atomic E-state index is 2.35. The van der Waals surface area contributed by atoms with E-state index < -0.39 is 0 Å². The molecule has 0 N–H and O–H groups in total. The minimum Gasteiger partial charge on any atom is -0.0779 e. The lowest BCUT2D eigenvalue weighted by Gasteiger charge is -1.82. The van der Waals surface area contributed by atoms with Crippen LogP contribution >= 0.6 is 0 Å². The Balaban J connectivity index is 1.98. The molecule has 40 valence electrons. The summed E-state index contributed by atoms with van der Waals surface area (Å²) in [5, 5.41) is 0. The zero-order valence-corrected chi connectivity index (χ0v) is 5.28. The minimum atomic E-state index is 1.07. The van der Waals surface area contributed by atoms with Gasteiger partial charge in [0.1, 0.15) is 6.71 Å². The third-order valence-electron chi connectivity index (χ3n) is 1.94. The quantitative estimate of drug-likeness (QED) is 0.462. The molecule has 0 bridgehead atoms. The molecular weight excluding hydrogens is 82.9 g/mol. The lowest BCUT2D eigenvalue weighted by molar-refractivity contribution is 1.07. The van der Waals surface area contributed by atoms with E-state index in [1.807, 2.05) is 0 Å². The summed E-state index contributed by atoms with van der Waals surface area (Å²) in [5.41, 5.74) is 0. The smallest absolute Gasteiger partial charge is 0.0779 e. The lowest BCUT2D eigenvalue weighted by Crippen LogP contribution is -1.84. The van der Waals surface area contributed by atoms with Gasteiger partial charge >= 0.3 is 0 Å². The van der Waals surface area contributed by atoms with Crippen molar-refractivity contribution in [2.75, 3.05) is 0 Å². The van der Waals surface area contributed by atoms with Crippen LogP contribution in [0.4, 0.5) is 0 Å². The van der Waals surface area contributed by atoms with Crippen molar-refractivity contribution in [2.24, 2.45) is 0 Å². The Morgan fingerprint density at radius 2 is 2.29 bits per heavy atom. The van der Waals surface area contributed by atoms with Crippen LogP contribution in [0.25, 0.3) is 0 Å². The van der Waals surface area contributed by atoms with Crippen LogP contribution in [0.2, 0.25) is 18.5 Å². The van der Waals surface area contributed by atoms with Crippen LogP contribution in [0.3, 0.4) is 0 Å². The van der Waals surface area contributed by atoms with Gasteiger partial charge in [0.05, 0.1) is 0 Å². The summed E-state index contributed by atoms with van der Waals surface area (Å²) in [6.07, 6.45) is 4.37. The first-order chi connectivity index (χ1) is 3.34. The van der Waals surface area contributed by atoms with Crippen molar-refractivity contribution in [2.45, 2.75) is 38.7 Å². The second kappa shape index (κ2) is 1.89. The highest BCUT2D eigenvalue weighted by molar-refractivity contribution is 6.71. The second-order valence-corrected chi connectivity index (χ2v) is 2.76. The first-order valence-corrected chi connectivity index (χ1v) is 3.34. The van der Waals surface area contributed by atoms with Crippen molar-refractivity contribution in [1.82, 2.24) is 0 Å². The molecule has 0 nitrogen and oxygen atoms in total. The number of rotatable bonds is 2. The summed E-state index contributed by atoms with van der Waals surface area (Å²) in [6, 6.07) is 0. The van der Waals surface area contributed by atoms with Crippen molar-refractivity contribution < 1.29 is 0 Å². The zero-order valence-electron chi connectivity index (χ0n) is 5.28. The van der Waals surface area contributed by atoms with Crippen LogP contribution < -0.4 is 0 Å². The average Bonchev–Trinajstić information content (AvgIpc) is 2.22. The summed E-state index contributed by atoms with van der Waals surface area (Å²) in [6.45, 7) is 5.73. The average molecular weight is 96.0 g/mol. The first-order valence-electron chi connectivity index (χ1n) is 3.34. The molecule has 0 spiro atoms. The molecule has 1 saturated heterocycles. The maximum absolute atomic E-state index is 2.35. The molecule has 1 heterocycles. The van der Waals surface area contributed by atoms with Gasteiger partial charge in [0, 0.05) is 0 Å². The van der Waals surface area contributed by atoms with Crippen molar-refractivity contribution in [3.8, 4) is 0 Å². The van der Waals surface area contributed by atoms with E-state index in [-0.39, 0.29) is 0 Å². The van der Waals surface area contributed by atoms with Crippen molar-refractivity contribution in [3.63, 3.8) is 0 Å². The molecule has 0 saturated carbocycles. The molecule has 0 aromatic carbocycles. The van der Waals surface area contributed by atoms with E-state index in [1.54, 1.807) is 0 Å². The Morgan fingerprint density at radius 3 is 2.43 bits per heavy atom. The maximum Gasteiger partial charge on any atom is 0.141 e. The zero-order chi connectivity index (χ0) is 5.28. The molecule has 0 amide bonds. The van der Waals surface area contributed by atoms with Gasteiger partial charge in [-0.3, -0.25) is 0 Å². The standard InChI is InChI=1S/C6H13B/c1-3-4-7-5-6(7)2/h6H,3-5H2,1-2H3/t6-/m1/s1. The van der Waals surface area contributed by atoms with Crippen molar-refractivity contribution >= 4 is 6.71 Å². The summed E-state index contributed by atoms with van der Waals surface area (Å²) in [7, 11) is 0. The third-order valence-corrected chi connectivity index (χ3v) is 1.94. The van der Waals surface area contributed by atoms with Crippen LogP contribution in [0.15, 0.2) is 0 Å². The summed E-state index contributed by atoms with van der Waals surface area (Å²) >= 11 is 0. The van der Waals surface area contributed by atoms with Gasteiger partial charge in [-0.05, 0) is 0 Å². The Bertz CT molecular complexity index is 61.2. The van der Waals surface area contributed by atoms with Gasteiger partial charge in [0.25, 0.3) is 0 Å². The van der Waals surface area contributed by atoms with E-state index in [0.29, 0.717) is 0 Å². The van der Waals surface area contributed by atoms with Gasteiger partial charge in [-0.1, -0.05) is 38.7 Å². The van der Waals surface area contributed by atoms with E-state index in [2.05, 4.69) is 13.8 Å². The number of hydrogen-bond donors (Lipinski definition) is 0. The normalized spacial score (nSPS) is 28.3. The molecule has 0 radical (unpaired) electrons. The molecule has 1 fully saturated rings. The monoisotopic (exact) mass is 96.1 g/mol. The third kappa shape index (κ3) is 1.22. The molecule has 1 aliphatic rings. The number of hydrogen-bond acceptors (Lipinski definition) is 0. The van der Waals surface area contributed by atoms with Crippen LogP contribution in [-0.4, -0.2) is 6.71 Å². The van der Waals surface area contributed by atoms with E-state index >= 15 is 0 Å². The Kier molecular flexibility index (Phi) is 1.41. The van der Waals surface area contributed by atoms with Crippen molar-refractivity contribution in [1.29, 1.82) is 0 Å². The molecule has 0 aliphatic carbocycles. The summed E-state index contributed by atoms with van der Waals surface area (Å²) in [4.78, 5) is 0. The fraction of sp³-hybridized carbons (Fsp3) is 1.00. The van der Waals surface area contributed by atoms with Crippen LogP contribution in [-0.2, 0) is 0 Å². The van der Waals surface area contributed by atoms with Crippen LogP contribution in [0.1, 0.15) is 20.3 Å². The molecule has 1 atom stereocenters. The van der Waals surface area contributed by atoms with Gasteiger partial charge < -0.3 is 0 Å². The highest BCUT2D eigenvalue weighted by Gasteiger charge is 2.34. The Labute approximate surface area is 46.4 Å². The van der Waals surface area contributed by atoms with Crippen LogP contribution in [0.5, 0.6) is 0 Å². The SMILES string of the molecule is CCCB1C[C@H]1C. The Hall–Kier alpha value is 0.0649. The molecule has 1 heteroatoms. The highest BCUT2D eigenvalue weighted by atomic mass is 14.1. The topological polar surface area (TPSA) is 0 Å². The fourth-order valence-electron chi connectivity index (χ4n) is 1.17. The predicted molar refractivity (Wildman–Crippen MR) is 35.1 cm³/mol. The molecule has 1 aliphatic heterocycles. The highest BCUT2D eigenvalue weighted by Crippen LogP contribution is 2.39. The molecule has 0 aromatic rings. The van der Waals surface area contributed by atoms with Gasteiger partial charge in [-0.15, -0.1) is 0 Å². The van der Waals surface area contributed by atoms with E-state index in [4.69, 9.17) is 0 Å². The minimum absolute atomic E-state index is 1.07.